The molecular weight excluding hydrogens is 515 g/mol. The molecule has 1 saturated heterocycles. The molecule has 3 aromatic rings. The van der Waals surface area contributed by atoms with Crippen molar-refractivity contribution in [1.29, 1.82) is 0 Å². The number of amides is 3. The summed E-state index contributed by atoms with van der Waals surface area (Å²) < 4.78 is 5.67. The Labute approximate surface area is 224 Å². The van der Waals surface area contributed by atoms with Crippen LogP contribution in [0.5, 0.6) is 5.75 Å². The molecule has 0 aliphatic carbocycles. The summed E-state index contributed by atoms with van der Waals surface area (Å²) in [6, 6.07) is 19.2. The topological polar surface area (TPSA) is 99.8 Å². The number of aryl methyl sites for hydroxylation is 1. The van der Waals surface area contributed by atoms with Crippen molar-refractivity contribution in [2.45, 2.75) is 19.8 Å². The molecule has 0 unspecified atom stereocenters. The second-order valence-electron chi connectivity index (χ2n) is 8.52. The molecule has 0 bridgehead atoms. The van der Waals surface area contributed by atoms with Gasteiger partial charge in [-0.25, -0.2) is 0 Å². The molecule has 3 N–H and O–H groups in total. The van der Waals surface area contributed by atoms with E-state index in [9.17, 15) is 14.4 Å². The van der Waals surface area contributed by atoms with E-state index in [0.29, 0.717) is 32.9 Å². The number of nitrogens with zero attached hydrogens (tertiary/aromatic N) is 1. The van der Waals surface area contributed by atoms with Crippen LogP contribution in [-0.2, 0) is 20.8 Å². The Morgan fingerprint density at radius 2 is 1.70 bits per heavy atom. The Kier molecular flexibility index (Phi) is 8.53. The Morgan fingerprint density at radius 3 is 2.41 bits per heavy atom. The second kappa shape index (κ2) is 12.0. The molecule has 192 valence electrons. The summed E-state index contributed by atoms with van der Waals surface area (Å²) in [5.74, 6) is -1.06. The maximum Gasteiger partial charge on any atom is 0.262 e. The number of hydrogen-bond donors (Lipinski definition) is 3. The molecule has 0 saturated carbocycles. The first-order valence-electron chi connectivity index (χ1n) is 11.8. The van der Waals surface area contributed by atoms with Crippen molar-refractivity contribution in [2.24, 2.45) is 5.92 Å². The highest BCUT2D eigenvalue weighted by molar-refractivity contribution is 6.31. The maximum atomic E-state index is 12.8. The summed E-state index contributed by atoms with van der Waals surface area (Å²) >= 11 is 12.0. The molecule has 0 aromatic heterocycles. The van der Waals surface area contributed by atoms with Gasteiger partial charge in [-0.05, 0) is 66.6 Å². The molecule has 0 radical (unpaired) electrons. The molecule has 37 heavy (non-hydrogen) atoms. The van der Waals surface area contributed by atoms with Crippen LogP contribution >= 0.6 is 23.2 Å². The standard InChI is InChI=1S/C27H26Cl2N4O4/c1-2-17-3-8-21(9-4-17)30-25(34)16-37-24-12-7-20(29)14-23(24)31-32-27(36)18-13-26(35)33(15-18)22-10-5-19(28)6-11-22/h3-12,14,18,31H,2,13,15-16H2,1H3,(H,30,34)(H,32,36)/t18-/m0/s1. The molecule has 3 amide bonds. The summed E-state index contributed by atoms with van der Waals surface area (Å²) in [5, 5.41) is 3.76. The highest BCUT2D eigenvalue weighted by atomic mass is 35.5. The van der Waals surface area contributed by atoms with Crippen molar-refractivity contribution >= 4 is 58.0 Å². The Morgan fingerprint density at radius 1 is 1.00 bits per heavy atom. The number of anilines is 3. The lowest BCUT2D eigenvalue weighted by Crippen LogP contribution is -2.36. The van der Waals surface area contributed by atoms with Gasteiger partial charge in [-0.2, -0.15) is 0 Å². The van der Waals surface area contributed by atoms with E-state index < -0.39 is 5.92 Å². The number of nitrogens with one attached hydrogen (secondary N) is 3. The SMILES string of the molecule is CCc1ccc(NC(=O)COc2ccc(Cl)cc2NNC(=O)[C@H]2CC(=O)N(c3ccc(Cl)cc3)C2)cc1. The van der Waals surface area contributed by atoms with Crippen LogP contribution in [0.15, 0.2) is 66.7 Å². The molecule has 1 aliphatic rings. The van der Waals surface area contributed by atoms with Gasteiger partial charge in [0.1, 0.15) is 5.75 Å². The van der Waals surface area contributed by atoms with E-state index in [-0.39, 0.29) is 37.3 Å². The lowest BCUT2D eigenvalue weighted by atomic mass is 10.1. The third kappa shape index (κ3) is 6.93. The van der Waals surface area contributed by atoms with Crippen LogP contribution in [0.1, 0.15) is 18.9 Å². The van der Waals surface area contributed by atoms with Crippen LogP contribution in [0.4, 0.5) is 17.1 Å². The smallest absolute Gasteiger partial charge is 0.262 e. The van der Waals surface area contributed by atoms with Gasteiger partial charge in [0.15, 0.2) is 6.61 Å². The number of benzene rings is 3. The predicted molar refractivity (Wildman–Crippen MR) is 145 cm³/mol. The van der Waals surface area contributed by atoms with Crippen molar-refractivity contribution in [3.8, 4) is 5.75 Å². The number of rotatable bonds is 9. The third-order valence-electron chi connectivity index (χ3n) is 5.90. The van der Waals surface area contributed by atoms with Crippen molar-refractivity contribution in [2.75, 3.05) is 28.8 Å². The van der Waals surface area contributed by atoms with Crippen LogP contribution in [0.25, 0.3) is 0 Å². The van der Waals surface area contributed by atoms with Gasteiger partial charge in [0, 0.05) is 34.4 Å². The van der Waals surface area contributed by atoms with Gasteiger partial charge >= 0.3 is 0 Å². The number of carbonyl (C=O) groups is 3. The normalized spacial score (nSPS) is 14.8. The molecule has 1 atom stereocenters. The summed E-state index contributed by atoms with van der Waals surface area (Å²) in [6.45, 7) is 2.06. The third-order valence-corrected chi connectivity index (χ3v) is 6.39. The minimum Gasteiger partial charge on any atom is -0.482 e. The average Bonchev–Trinajstić information content (AvgIpc) is 3.29. The fraction of sp³-hybridized carbons (Fsp3) is 0.222. The van der Waals surface area contributed by atoms with Gasteiger partial charge in [0.25, 0.3) is 5.91 Å². The fourth-order valence-electron chi connectivity index (χ4n) is 3.87. The Hall–Kier alpha value is -3.75. The first kappa shape index (κ1) is 26.3. The average molecular weight is 541 g/mol. The number of hydrazine groups is 1. The summed E-state index contributed by atoms with van der Waals surface area (Å²) in [6.07, 6.45) is 0.992. The van der Waals surface area contributed by atoms with Gasteiger partial charge in [-0.3, -0.25) is 25.2 Å². The van der Waals surface area contributed by atoms with E-state index in [1.807, 2.05) is 24.3 Å². The zero-order chi connectivity index (χ0) is 26.4. The highest BCUT2D eigenvalue weighted by Crippen LogP contribution is 2.29. The molecule has 0 spiro atoms. The molecule has 1 heterocycles. The van der Waals surface area contributed by atoms with Gasteiger partial charge in [0.05, 0.1) is 11.6 Å². The van der Waals surface area contributed by atoms with Crippen molar-refractivity contribution in [3.63, 3.8) is 0 Å². The van der Waals surface area contributed by atoms with Gasteiger partial charge in [-0.15, -0.1) is 0 Å². The van der Waals surface area contributed by atoms with Crippen LogP contribution in [0, 0.1) is 5.92 Å². The quantitative estimate of drug-likeness (QED) is 0.329. The maximum absolute atomic E-state index is 12.8. The molecule has 3 aromatic carbocycles. The Bertz CT molecular complexity index is 1280. The van der Waals surface area contributed by atoms with E-state index in [1.54, 1.807) is 47.4 Å². The van der Waals surface area contributed by atoms with Gasteiger partial charge < -0.3 is 15.0 Å². The van der Waals surface area contributed by atoms with Crippen molar-refractivity contribution < 1.29 is 19.1 Å². The fourth-order valence-corrected chi connectivity index (χ4v) is 4.17. The molecule has 10 heteroatoms. The zero-order valence-corrected chi connectivity index (χ0v) is 21.6. The van der Waals surface area contributed by atoms with Gasteiger partial charge in [-0.1, -0.05) is 42.3 Å². The van der Waals surface area contributed by atoms with E-state index in [1.165, 1.54) is 5.56 Å². The number of carbonyl (C=O) groups excluding carboxylic acids is 3. The molecule has 1 fully saturated rings. The summed E-state index contributed by atoms with van der Waals surface area (Å²) in [5.41, 5.74) is 8.33. The van der Waals surface area contributed by atoms with Crippen molar-refractivity contribution in [3.05, 3.63) is 82.3 Å². The van der Waals surface area contributed by atoms with Crippen LogP contribution in [0.3, 0.4) is 0 Å². The number of ether oxygens (including phenoxy) is 1. The van der Waals surface area contributed by atoms with E-state index >= 15 is 0 Å². The highest BCUT2D eigenvalue weighted by Gasteiger charge is 2.35. The predicted octanol–water partition coefficient (Wildman–Crippen LogP) is 5.07. The number of hydrogen-bond acceptors (Lipinski definition) is 5. The first-order valence-corrected chi connectivity index (χ1v) is 12.5. The summed E-state index contributed by atoms with van der Waals surface area (Å²) in [7, 11) is 0. The van der Waals surface area contributed by atoms with Crippen LogP contribution < -0.4 is 25.8 Å². The second-order valence-corrected chi connectivity index (χ2v) is 9.40. The minimum atomic E-state index is -0.552. The summed E-state index contributed by atoms with van der Waals surface area (Å²) in [4.78, 5) is 39.2. The molecule has 4 rings (SSSR count). The van der Waals surface area contributed by atoms with E-state index in [2.05, 4.69) is 23.1 Å². The lowest BCUT2D eigenvalue weighted by Gasteiger charge is -2.18. The number of halogens is 2. The molecular formula is C27H26Cl2N4O4. The monoisotopic (exact) mass is 540 g/mol. The van der Waals surface area contributed by atoms with Crippen LogP contribution in [-0.4, -0.2) is 30.9 Å². The lowest BCUT2D eigenvalue weighted by molar-refractivity contribution is -0.125. The molecule has 8 nitrogen and oxygen atoms in total. The van der Waals surface area contributed by atoms with Crippen molar-refractivity contribution in [1.82, 2.24) is 5.43 Å². The van der Waals surface area contributed by atoms with E-state index in [4.69, 9.17) is 27.9 Å². The zero-order valence-electron chi connectivity index (χ0n) is 20.1. The van der Waals surface area contributed by atoms with Crippen LogP contribution in [0.2, 0.25) is 10.0 Å². The Balaban J connectivity index is 1.32. The van der Waals surface area contributed by atoms with Gasteiger partial charge in [0.2, 0.25) is 11.8 Å². The first-order chi connectivity index (χ1) is 17.8. The van der Waals surface area contributed by atoms with E-state index in [0.717, 1.165) is 6.42 Å². The minimum absolute atomic E-state index is 0.0778. The largest absolute Gasteiger partial charge is 0.482 e. The molecule has 1 aliphatic heterocycles.